The molecule has 1 unspecified atom stereocenters. The quantitative estimate of drug-likeness (QED) is 0.791. The Morgan fingerprint density at radius 3 is 2.81 bits per heavy atom. The first-order valence-corrected chi connectivity index (χ1v) is 6.42. The molecule has 2 N–H and O–H groups in total. The van der Waals surface area contributed by atoms with Gasteiger partial charge < -0.3 is 10.6 Å². The zero-order valence-electron chi connectivity index (χ0n) is 9.99. The Bertz CT molecular complexity index is 311. The minimum atomic E-state index is -0.180. The Hall–Kier alpha value is -0.940. The highest BCUT2D eigenvalue weighted by Gasteiger charge is 2.12. The normalized spacial score (nSPS) is 12.8. The van der Waals surface area contributed by atoms with Crippen molar-refractivity contribution in [2.24, 2.45) is 5.92 Å². The van der Waals surface area contributed by atoms with Gasteiger partial charge in [0.25, 0.3) is 0 Å². The summed E-state index contributed by atoms with van der Waals surface area (Å²) in [5.74, 6) is 0.527. The van der Waals surface area contributed by atoms with E-state index in [1.807, 2.05) is 12.3 Å². The van der Waals surface area contributed by atoms with Crippen molar-refractivity contribution in [1.82, 2.24) is 15.6 Å². The van der Waals surface area contributed by atoms with Crippen LogP contribution in [0.2, 0.25) is 0 Å². The van der Waals surface area contributed by atoms with Crippen molar-refractivity contribution in [1.29, 1.82) is 0 Å². The summed E-state index contributed by atoms with van der Waals surface area (Å²) in [4.78, 5) is 15.8. The van der Waals surface area contributed by atoms with Crippen LogP contribution in [0, 0.1) is 5.92 Å². The van der Waals surface area contributed by atoms with Gasteiger partial charge in [0.2, 0.25) is 5.91 Å². The van der Waals surface area contributed by atoms with Crippen LogP contribution in [0.5, 0.6) is 0 Å². The van der Waals surface area contributed by atoms with E-state index in [-0.39, 0.29) is 11.9 Å². The van der Waals surface area contributed by atoms with Gasteiger partial charge in [-0.2, -0.15) is 0 Å². The monoisotopic (exact) mass is 241 g/mol. The number of rotatable bonds is 6. The van der Waals surface area contributed by atoms with Gasteiger partial charge in [-0.3, -0.25) is 4.79 Å². The van der Waals surface area contributed by atoms with E-state index in [9.17, 15) is 4.79 Å². The van der Waals surface area contributed by atoms with Crippen LogP contribution in [-0.4, -0.2) is 23.5 Å². The lowest BCUT2D eigenvalue weighted by molar-refractivity contribution is -0.122. The number of carbonyl (C=O) groups excluding carboxylic acids is 1. The van der Waals surface area contributed by atoms with Crippen LogP contribution in [0.15, 0.2) is 10.9 Å². The molecule has 0 bridgehead atoms. The molecule has 4 nitrogen and oxygen atoms in total. The van der Waals surface area contributed by atoms with Crippen LogP contribution in [-0.2, 0) is 11.3 Å². The number of carbonyl (C=O) groups is 1. The molecule has 0 saturated heterocycles. The lowest BCUT2D eigenvalue weighted by Gasteiger charge is -2.14. The molecule has 16 heavy (non-hydrogen) atoms. The van der Waals surface area contributed by atoms with E-state index in [1.165, 1.54) is 0 Å². The fourth-order valence-electron chi connectivity index (χ4n) is 1.13. The molecule has 0 aromatic carbocycles. The van der Waals surface area contributed by atoms with Gasteiger partial charge in [0.05, 0.1) is 17.2 Å². The van der Waals surface area contributed by atoms with Crippen molar-refractivity contribution in [2.75, 3.05) is 6.54 Å². The number of nitrogens with one attached hydrogen (secondary N) is 2. The average molecular weight is 241 g/mol. The Morgan fingerprint density at radius 2 is 2.25 bits per heavy atom. The van der Waals surface area contributed by atoms with Crippen LogP contribution in [0.25, 0.3) is 0 Å². The number of hydrogen-bond donors (Lipinski definition) is 2. The summed E-state index contributed by atoms with van der Waals surface area (Å²) < 4.78 is 0. The third kappa shape index (κ3) is 4.72. The van der Waals surface area contributed by atoms with Crippen LogP contribution in [0.3, 0.4) is 0 Å². The van der Waals surface area contributed by atoms with Gasteiger partial charge in [0.15, 0.2) is 0 Å². The van der Waals surface area contributed by atoms with Crippen molar-refractivity contribution in [3.8, 4) is 0 Å². The van der Waals surface area contributed by atoms with Gasteiger partial charge in [0, 0.05) is 18.5 Å². The highest BCUT2D eigenvalue weighted by molar-refractivity contribution is 7.07. The summed E-state index contributed by atoms with van der Waals surface area (Å²) in [6.45, 7) is 7.38. The minimum Gasteiger partial charge on any atom is -0.354 e. The average Bonchev–Trinajstić information content (AvgIpc) is 2.75. The van der Waals surface area contributed by atoms with Crippen molar-refractivity contribution in [2.45, 2.75) is 33.4 Å². The van der Waals surface area contributed by atoms with E-state index in [1.54, 1.807) is 16.8 Å². The van der Waals surface area contributed by atoms with Gasteiger partial charge in [-0.25, -0.2) is 4.98 Å². The summed E-state index contributed by atoms with van der Waals surface area (Å²) in [5, 5.41) is 8.01. The second kappa shape index (κ2) is 6.60. The van der Waals surface area contributed by atoms with Crippen LogP contribution >= 0.6 is 11.3 Å². The van der Waals surface area contributed by atoms with Gasteiger partial charge in [-0.05, 0) is 12.8 Å². The van der Waals surface area contributed by atoms with E-state index >= 15 is 0 Å². The molecule has 90 valence electrons. The fraction of sp³-hybridized carbons (Fsp3) is 0.636. The summed E-state index contributed by atoms with van der Waals surface area (Å²) in [5.41, 5.74) is 2.77. The summed E-state index contributed by atoms with van der Waals surface area (Å²) >= 11 is 1.56. The Balaban J connectivity index is 2.23. The van der Waals surface area contributed by atoms with Gasteiger partial charge >= 0.3 is 0 Å². The standard InChI is InChI=1S/C11H19N3OS/c1-8(2)4-13-11(15)9(3)12-5-10-6-16-7-14-10/h6-9,12H,4-5H2,1-3H3,(H,13,15). The van der Waals surface area contributed by atoms with E-state index < -0.39 is 0 Å². The van der Waals surface area contributed by atoms with Crippen LogP contribution in [0.1, 0.15) is 26.5 Å². The zero-order valence-corrected chi connectivity index (χ0v) is 10.8. The van der Waals surface area contributed by atoms with E-state index in [0.29, 0.717) is 12.5 Å². The highest BCUT2D eigenvalue weighted by Crippen LogP contribution is 2.00. The molecular weight excluding hydrogens is 222 g/mol. The SMILES string of the molecule is CC(C)CNC(=O)C(C)NCc1cscn1. The highest BCUT2D eigenvalue weighted by atomic mass is 32.1. The summed E-state index contributed by atoms with van der Waals surface area (Å²) in [7, 11) is 0. The molecule has 1 aromatic heterocycles. The molecular formula is C11H19N3OS. The molecule has 5 heteroatoms. The van der Waals surface area contributed by atoms with Crippen LogP contribution < -0.4 is 10.6 Å². The molecule has 0 saturated carbocycles. The first-order valence-electron chi connectivity index (χ1n) is 5.47. The Morgan fingerprint density at radius 1 is 1.50 bits per heavy atom. The molecule has 1 atom stereocenters. The number of thiazole rings is 1. The molecule has 0 spiro atoms. The fourth-order valence-corrected chi connectivity index (χ4v) is 1.69. The number of hydrogen-bond acceptors (Lipinski definition) is 4. The first-order chi connectivity index (χ1) is 7.59. The Kier molecular flexibility index (Phi) is 5.42. The maximum absolute atomic E-state index is 11.6. The van der Waals surface area contributed by atoms with Crippen LogP contribution in [0.4, 0.5) is 0 Å². The largest absolute Gasteiger partial charge is 0.354 e. The lowest BCUT2D eigenvalue weighted by atomic mass is 10.2. The van der Waals surface area contributed by atoms with E-state index in [4.69, 9.17) is 0 Å². The molecule has 0 aliphatic carbocycles. The Labute approximate surface area is 100 Å². The molecule has 1 amide bonds. The predicted molar refractivity (Wildman–Crippen MR) is 66.3 cm³/mol. The maximum Gasteiger partial charge on any atom is 0.236 e. The summed E-state index contributed by atoms with van der Waals surface area (Å²) in [6.07, 6.45) is 0. The number of nitrogens with zero attached hydrogens (tertiary/aromatic N) is 1. The maximum atomic E-state index is 11.6. The molecule has 0 aliphatic heterocycles. The first kappa shape index (κ1) is 13.1. The molecule has 0 fully saturated rings. The predicted octanol–water partition coefficient (Wildman–Crippen LogP) is 1.39. The van der Waals surface area contributed by atoms with Gasteiger partial charge in [0.1, 0.15) is 0 Å². The number of aromatic nitrogens is 1. The lowest BCUT2D eigenvalue weighted by Crippen LogP contribution is -2.43. The summed E-state index contributed by atoms with van der Waals surface area (Å²) in [6, 6.07) is -0.180. The van der Waals surface area contributed by atoms with Crippen molar-refractivity contribution < 1.29 is 4.79 Å². The van der Waals surface area contributed by atoms with Crippen molar-refractivity contribution in [3.63, 3.8) is 0 Å². The van der Waals surface area contributed by atoms with Crippen molar-refractivity contribution in [3.05, 3.63) is 16.6 Å². The molecule has 1 aromatic rings. The second-order valence-corrected chi connectivity index (χ2v) is 4.94. The smallest absolute Gasteiger partial charge is 0.236 e. The van der Waals surface area contributed by atoms with Crippen molar-refractivity contribution >= 4 is 17.2 Å². The van der Waals surface area contributed by atoms with Gasteiger partial charge in [-0.15, -0.1) is 11.3 Å². The number of amides is 1. The third-order valence-corrected chi connectivity index (χ3v) is 2.79. The molecule has 0 radical (unpaired) electrons. The van der Waals surface area contributed by atoms with Gasteiger partial charge in [-0.1, -0.05) is 13.8 Å². The second-order valence-electron chi connectivity index (χ2n) is 4.22. The molecule has 1 heterocycles. The minimum absolute atomic E-state index is 0.0453. The zero-order chi connectivity index (χ0) is 12.0. The van der Waals surface area contributed by atoms with E-state index in [2.05, 4.69) is 29.5 Å². The van der Waals surface area contributed by atoms with E-state index in [0.717, 1.165) is 12.2 Å². The molecule has 1 rings (SSSR count). The molecule has 0 aliphatic rings. The topological polar surface area (TPSA) is 54.0 Å². The third-order valence-electron chi connectivity index (χ3n) is 2.15.